The van der Waals surface area contributed by atoms with E-state index < -0.39 is 11.7 Å². The molecule has 1 saturated heterocycles. The van der Waals surface area contributed by atoms with Crippen LogP contribution in [0, 0.1) is 0 Å². The molecule has 1 aromatic rings. The lowest BCUT2D eigenvalue weighted by molar-refractivity contribution is -0.137. The maximum atomic E-state index is 12.6. The highest BCUT2D eigenvalue weighted by molar-refractivity contribution is 5.77. The molecule has 1 aromatic carbocycles. The SMILES string of the molecule is O=C(COc1cccc(C(F)(F)F)c1)N1CCCCCCC1. The van der Waals surface area contributed by atoms with Crippen molar-refractivity contribution in [2.24, 2.45) is 0 Å². The number of amides is 1. The third-order valence-corrected chi connectivity index (χ3v) is 3.73. The number of likely N-dealkylation sites (tertiary alicyclic amines) is 1. The van der Waals surface area contributed by atoms with Gasteiger partial charge in [-0.3, -0.25) is 4.79 Å². The first-order valence-corrected chi connectivity index (χ1v) is 7.54. The monoisotopic (exact) mass is 315 g/mol. The van der Waals surface area contributed by atoms with Gasteiger partial charge in [-0.15, -0.1) is 0 Å². The molecule has 0 atom stereocenters. The van der Waals surface area contributed by atoms with Gasteiger partial charge in [0, 0.05) is 13.1 Å². The van der Waals surface area contributed by atoms with Crippen LogP contribution in [0.1, 0.15) is 37.7 Å². The van der Waals surface area contributed by atoms with Gasteiger partial charge in [0.15, 0.2) is 6.61 Å². The highest BCUT2D eigenvalue weighted by Crippen LogP contribution is 2.31. The first-order chi connectivity index (χ1) is 10.5. The molecule has 1 amide bonds. The summed E-state index contributed by atoms with van der Waals surface area (Å²) in [5.41, 5.74) is -0.774. The lowest BCUT2D eigenvalue weighted by Crippen LogP contribution is -2.37. The number of nitrogens with zero attached hydrogens (tertiary/aromatic N) is 1. The van der Waals surface area contributed by atoms with E-state index in [4.69, 9.17) is 4.74 Å². The molecule has 22 heavy (non-hydrogen) atoms. The number of ether oxygens (including phenoxy) is 1. The van der Waals surface area contributed by atoms with Crippen molar-refractivity contribution in [1.82, 2.24) is 4.90 Å². The Bertz CT molecular complexity index is 494. The van der Waals surface area contributed by atoms with Gasteiger partial charge in [-0.05, 0) is 31.0 Å². The summed E-state index contributed by atoms with van der Waals surface area (Å²) in [6, 6.07) is 4.60. The van der Waals surface area contributed by atoms with Gasteiger partial charge in [0.05, 0.1) is 5.56 Å². The van der Waals surface area contributed by atoms with Gasteiger partial charge in [-0.2, -0.15) is 13.2 Å². The van der Waals surface area contributed by atoms with E-state index in [9.17, 15) is 18.0 Å². The Balaban J connectivity index is 1.90. The number of rotatable bonds is 3. The van der Waals surface area contributed by atoms with Gasteiger partial charge < -0.3 is 9.64 Å². The molecule has 1 fully saturated rings. The summed E-state index contributed by atoms with van der Waals surface area (Å²) in [5, 5.41) is 0. The summed E-state index contributed by atoms with van der Waals surface area (Å²) >= 11 is 0. The van der Waals surface area contributed by atoms with Crippen molar-refractivity contribution in [2.45, 2.75) is 38.3 Å². The summed E-state index contributed by atoms with van der Waals surface area (Å²) in [6.07, 6.45) is 0.941. The summed E-state index contributed by atoms with van der Waals surface area (Å²) in [7, 11) is 0. The van der Waals surface area contributed by atoms with Crippen LogP contribution in [0.4, 0.5) is 13.2 Å². The minimum Gasteiger partial charge on any atom is -0.484 e. The average molecular weight is 315 g/mol. The van der Waals surface area contributed by atoms with Crippen molar-refractivity contribution < 1.29 is 22.7 Å². The van der Waals surface area contributed by atoms with Crippen LogP contribution < -0.4 is 4.74 Å². The van der Waals surface area contributed by atoms with E-state index in [1.165, 1.54) is 18.6 Å². The number of carbonyl (C=O) groups is 1. The summed E-state index contributed by atoms with van der Waals surface area (Å²) in [5.74, 6) is -0.102. The van der Waals surface area contributed by atoms with Gasteiger partial charge in [0.2, 0.25) is 0 Å². The fourth-order valence-electron chi connectivity index (χ4n) is 2.50. The van der Waals surface area contributed by atoms with E-state index in [-0.39, 0.29) is 18.3 Å². The first kappa shape index (κ1) is 16.6. The molecule has 1 aliphatic heterocycles. The van der Waals surface area contributed by atoms with E-state index in [1.54, 1.807) is 4.90 Å². The molecule has 0 N–H and O–H groups in total. The fourth-order valence-corrected chi connectivity index (χ4v) is 2.50. The largest absolute Gasteiger partial charge is 0.484 e. The molecule has 1 aliphatic rings. The van der Waals surface area contributed by atoms with Crippen molar-refractivity contribution in [3.8, 4) is 5.75 Å². The molecule has 0 spiro atoms. The summed E-state index contributed by atoms with van der Waals surface area (Å²) < 4.78 is 43.1. The van der Waals surface area contributed by atoms with E-state index in [0.29, 0.717) is 13.1 Å². The third-order valence-electron chi connectivity index (χ3n) is 3.73. The average Bonchev–Trinajstić information content (AvgIpc) is 2.44. The minimum atomic E-state index is -4.41. The minimum absolute atomic E-state index is 0.0650. The summed E-state index contributed by atoms with van der Waals surface area (Å²) in [6.45, 7) is 1.18. The Labute approximate surface area is 128 Å². The Hall–Kier alpha value is -1.72. The van der Waals surface area contributed by atoms with Crippen LogP contribution in [0.2, 0.25) is 0 Å². The van der Waals surface area contributed by atoms with Gasteiger partial charge >= 0.3 is 6.18 Å². The molecular formula is C16H20F3NO2. The van der Waals surface area contributed by atoms with Crippen LogP contribution in [-0.4, -0.2) is 30.5 Å². The fraction of sp³-hybridized carbons (Fsp3) is 0.562. The van der Waals surface area contributed by atoms with Crippen LogP contribution >= 0.6 is 0 Å². The van der Waals surface area contributed by atoms with Crippen molar-refractivity contribution in [2.75, 3.05) is 19.7 Å². The van der Waals surface area contributed by atoms with Crippen molar-refractivity contribution in [3.63, 3.8) is 0 Å². The normalized spacial score (nSPS) is 16.8. The van der Waals surface area contributed by atoms with Gasteiger partial charge in [0.25, 0.3) is 5.91 Å². The number of carbonyl (C=O) groups excluding carboxylic acids is 1. The molecule has 0 unspecified atom stereocenters. The van der Waals surface area contributed by atoms with E-state index >= 15 is 0 Å². The van der Waals surface area contributed by atoms with Crippen molar-refractivity contribution in [1.29, 1.82) is 0 Å². The lowest BCUT2D eigenvalue weighted by atomic mass is 10.1. The second-order valence-corrected chi connectivity index (χ2v) is 5.46. The lowest BCUT2D eigenvalue weighted by Gasteiger charge is -2.24. The molecule has 1 heterocycles. The predicted molar refractivity (Wildman–Crippen MR) is 76.6 cm³/mol. The molecule has 0 aromatic heterocycles. The molecule has 0 aliphatic carbocycles. The molecule has 6 heteroatoms. The second-order valence-electron chi connectivity index (χ2n) is 5.46. The number of hydrogen-bond acceptors (Lipinski definition) is 2. The second kappa shape index (κ2) is 7.51. The Morgan fingerprint density at radius 2 is 1.73 bits per heavy atom. The molecular weight excluding hydrogens is 295 g/mol. The standard InChI is InChI=1S/C16H20F3NO2/c17-16(18,19)13-7-6-8-14(11-13)22-12-15(21)20-9-4-2-1-3-5-10-20/h6-8,11H,1-5,9-10,12H2. The van der Waals surface area contributed by atoms with E-state index in [2.05, 4.69) is 0 Å². The quantitative estimate of drug-likeness (QED) is 0.847. The van der Waals surface area contributed by atoms with Crippen molar-refractivity contribution >= 4 is 5.91 Å². The highest BCUT2D eigenvalue weighted by atomic mass is 19.4. The first-order valence-electron chi connectivity index (χ1n) is 7.54. The Morgan fingerprint density at radius 1 is 1.09 bits per heavy atom. The van der Waals surface area contributed by atoms with E-state index in [0.717, 1.165) is 37.8 Å². The topological polar surface area (TPSA) is 29.5 Å². The number of alkyl halides is 3. The van der Waals surface area contributed by atoms with Crippen LogP contribution in [0.3, 0.4) is 0 Å². The van der Waals surface area contributed by atoms with Crippen molar-refractivity contribution in [3.05, 3.63) is 29.8 Å². The maximum absolute atomic E-state index is 12.6. The molecule has 0 radical (unpaired) electrons. The van der Waals surface area contributed by atoms with Gasteiger partial charge in [-0.25, -0.2) is 0 Å². The molecule has 2 rings (SSSR count). The summed E-state index contributed by atoms with van der Waals surface area (Å²) in [4.78, 5) is 13.8. The number of benzene rings is 1. The van der Waals surface area contributed by atoms with Gasteiger partial charge in [-0.1, -0.05) is 25.3 Å². The Kier molecular flexibility index (Phi) is 5.69. The molecule has 0 bridgehead atoms. The molecule has 3 nitrogen and oxygen atoms in total. The maximum Gasteiger partial charge on any atom is 0.416 e. The third kappa shape index (κ3) is 4.93. The van der Waals surface area contributed by atoms with Gasteiger partial charge in [0.1, 0.15) is 5.75 Å². The Morgan fingerprint density at radius 3 is 2.36 bits per heavy atom. The zero-order valence-corrected chi connectivity index (χ0v) is 12.4. The zero-order valence-electron chi connectivity index (χ0n) is 12.4. The zero-order chi connectivity index (χ0) is 16.0. The highest BCUT2D eigenvalue weighted by Gasteiger charge is 2.30. The smallest absolute Gasteiger partial charge is 0.416 e. The van der Waals surface area contributed by atoms with Crippen LogP contribution in [0.5, 0.6) is 5.75 Å². The van der Waals surface area contributed by atoms with Crippen LogP contribution in [0.25, 0.3) is 0 Å². The molecule has 0 saturated carbocycles. The predicted octanol–water partition coefficient (Wildman–Crippen LogP) is 3.88. The van der Waals surface area contributed by atoms with Crippen LogP contribution in [-0.2, 0) is 11.0 Å². The number of hydrogen-bond donors (Lipinski definition) is 0. The van der Waals surface area contributed by atoms with Crippen LogP contribution in [0.15, 0.2) is 24.3 Å². The number of halogens is 3. The van der Waals surface area contributed by atoms with E-state index in [1.807, 2.05) is 0 Å². The molecule has 122 valence electrons.